The summed E-state index contributed by atoms with van der Waals surface area (Å²) in [5.41, 5.74) is -0.00477. The van der Waals surface area contributed by atoms with Crippen LogP contribution in [0.1, 0.15) is 30.6 Å². The van der Waals surface area contributed by atoms with E-state index >= 15 is 0 Å². The van der Waals surface area contributed by atoms with Crippen molar-refractivity contribution < 1.29 is 14.3 Å². The van der Waals surface area contributed by atoms with E-state index in [9.17, 15) is 4.79 Å². The van der Waals surface area contributed by atoms with Crippen molar-refractivity contribution >= 4 is 17.4 Å². The zero-order valence-electron chi connectivity index (χ0n) is 10.5. The highest BCUT2D eigenvalue weighted by molar-refractivity contribution is 6.31. The number of Topliss-reactive ketones (excluding diaryl/α,β-unsaturated/α-hetero) is 1. The average Bonchev–Trinajstić information content (AvgIpc) is 2.28. The Labute approximate surface area is 107 Å². The first-order valence-corrected chi connectivity index (χ1v) is 5.69. The van der Waals surface area contributed by atoms with Crippen LogP contribution in [-0.4, -0.2) is 25.6 Å². The number of carbonyl (C=O) groups is 1. The van der Waals surface area contributed by atoms with Gasteiger partial charge in [-0.15, -0.1) is 0 Å². The molecule has 0 radical (unpaired) electrons. The number of ketones is 1. The Kier molecular flexibility index (Phi) is 4.54. The Hall–Kier alpha value is -1.06. The third-order valence-corrected chi connectivity index (χ3v) is 2.84. The largest absolute Gasteiger partial charge is 0.496 e. The van der Waals surface area contributed by atoms with E-state index in [0.29, 0.717) is 16.3 Å². The normalized spacial score (nSPS) is 11.4. The van der Waals surface area contributed by atoms with Crippen LogP contribution in [0.15, 0.2) is 18.2 Å². The van der Waals surface area contributed by atoms with Gasteiger partial charge in [-0.25, -0.2) is 0 Å². The lowest BCUT2D eigenvalue weighted by Crippen LogP contribution is -2.26. The lowest BCUT2D eigenvalue weighted by molar-refractivity contribution is 0.0171. The summed E-state index contributed by atoms with van der Waals surface area (Å²) in [7, 11) is 3.12. The van der Waals surface area contributed by atoms with E-state index < -0.39 is 5.60 Å². The molecule has 0 amide bonds. The predicted molar refractivity (Wildman–Crippen MR) is 68.0 cm³/mol. The molecule has 0 saturated carbocycles. The van der Waals surface area contributed by atoms with E-state index in [-0.39, 0.29) is 12.2 Å². The molecule has 1 aromatic carbocycles. The van der Waals surface area contributed by atoms with Crippen molar-refractivity contribution in [3.8, 4) is 5.75 Å². The summed E-state index contributed by atoms with van der Waals surface area (Å²) >= 11 is 5.88. The van der Waals surface area contributed by atoms with Crippen LogP contribution in [-0.2, 0) is 4.74 Å². The second kappa shape index (κ2) is 5.52. The number of carbonyl (C=O) groups excluding carboxylic acids is 1. The van der Waals surface area contributed by atoms with E-state index in [1.807, 2.05) is 13.8 Å². The van der Waals surface area contributed by atoms with Gasteiger partial charge in [0, 0.05) is 18.6 Å². The van der Waals surface area contributed by atoms with E-state index in [1.165, 1.54) is 7.11 Å². The van der Waals surface area contributed by atoms with Crippen molar-refractivity contribution in [2.24, 2.45) is 0 Å². The summed E-state index contributed by atoms with van der Waals surface area (Å²) < 4.78 is 10.4. The molecule has 4 heteroatoms. The molecular formula is C13H17ClO3. The summed E-state index contributed by atoms with van der Waals surface area (Å²) in [6.45, 7) is 3.73. The molecule has 1 aromatic rings. The topological polar surface area (TPSA) is 35.5 Å². The number of methoxy groups -OCH3 is 2. The molecule has 0 aromatic heterocycles. The predicted octanol–water partition coefficient (Wildman–Crippen LogP) is 3.35. The molecule has 1 rings (SSSR count). The molecule has 0 saturated heterocycles. The van der Waals surface area contributed by atoms with Crippen LogP contribution in [0.5, 0.6) is 5.75 Å². The van der Waals surface area contributed by atoms with Crippen LogP contribution in [0.4, 0.5) is 0 Å². The number of ether oxygens (including phenoxy) is 2. The molecule has 0 aliphatic rings. The van der Waals surface area contributed by atoms with E-state index in [1.54, 1.807) is 25.3 Å². The molecule has 0 fully saturated rings. The molecule has 0 N–H and O–H groups in total. The highest BCUT2D eigenvalue weighted by Crippen LogP contribution is 2.26. The van der Waals surface area contributed by atoms with Gasteiger partial charge in [-0.3, -0.25) is 4.79 Å². The Morgan fingerprint density at radius 2 is 2.00 bits per heavy atom. The van der Waals surface area contributed by atoms with Gasteiger partial charge in [0.15, 0.2) is 5.78 Å². The summed E-state index contributed by atoms with van der Waals surface area (Å²) in [5.74, 6) is 0.488. The molecule has 17 heavy (non-hydrogen) atoms. The van der Waals surface area contributed by atoms with Crippen molar-refractivity contribution in [1.29, 1.82) is 0 Å². The lowest BCUT2D eigenvalue weighted by atomic mass is 9.97. The van der Waals surface area contributed by atoms with Gasteiger partial charge in [-0.2, -0.15) is 0 Å². The standard InChI is InChI=1S/C13H17ClO3/c1-13(2,17-4)8-11(15)10-7-9(14)5-6-12(10)16-3/h5-7H,8H2,1-4H3. The van der Waals surface area contributed by atoms with Crippen molar-refractivity contribution in [3.05, 3.63) is 28.8 Å². The quantitative estimate of drug-likeness (QED) is 0.758. The van der Waals surface area contributed by atoms with Crippen molar-refractivity contribution in [3.63, 3.8) is 0 Å². The molecule has 0 atom stereocenters. The molecule has 0 aliphatic heterocycles. The van der Waals surface area contributed by atoms with Crippen molar-refractivity contribution in [2.45, 2.75) is 25.9 Å². The first kappa shape index (κ1) is 14.0. The summed E-state index contributed by atoms with van der Waals surface area (Å²) in [6.07, 6.45) is 0.278. The smallest absolute Gasteiger partial charge is 0.169 e. The minimum atomic E-state index is -0.496. The fourth-order valence-corrected chi connectivity index (χ4v) is 1.62. The van der Waals surface area contributed by atoms with Crippen LogP contribution >= 0.6 is 11.6 Å². The minimum Gasteiger partial charge on any atom is -0.496 e. The molecule has 0 bridgehead atoms. The van der Waals surface area contributed by atoms with Gasteiger partial charge in [-0.05, 0) is 32.0 Å². The molecular weight excluding hydrogens is 240 g/mol. The van der Waals surface area contributed by atoms with Gasteiger partial charge >= 0.3 is 0 Å². The maximum atomic E-state index is 12.1. The van der Waals surface area contributed by atoms with Crippen LogP contribution in [0, 0.1) is 0 Å². The van der Waals surface area contributed by atoms with Crippen LogP contribution in [0.25, 0.3) is 0 Å². The summed E-state index contributed by atoms with van der Waals surface area (Å²) in [4.78, 5) is 12.1. The van der Waals surface area contributed by atoms with Gasteiger partial charge in [0.1, 0.15) is 5.75 Å². The zero-order valence-corrected chi connectivity index (χ0v) is 11.3. The zero-order chi connectivity index (χ0) is 13.1. The molecule has 0 spiro atoms. The van der Waals surface area contributed by atoms with Crippen molar-refractivity contribution in [2.75, 3.05) is 14.2 Å². The second-order valence-corrected chi connectivity index (χ2v) is 4.84. The fourth-order valence-electron chi connectivity index (χ4n) is 1.45. The first-order chi connectivity index (χ1) is 7.89. The van der Waals surface area contributed by atoms with Gasteiger partial charge in [0.2, 0.25) is 0 Å². The highest BCUT2D eigenvalue weighted by atomic mass is 35.5. The Morgan fingerprint density at radius 3 is 2.53 bits per heavy atom. The van der Waals surface area contributed by atoms with Gasteiger partial charge in [0.05, 0.1) is 18.3 Å². The Balaban J connectivity index is 2.99. The number of hydrogen-bond donors (Lipinski definition) is 0. The number of benzene rings is 1. The van der Waals surface area contributed by atoms with Crippen LogP contribution in [0.3, 0.4) is 0 Å². The summed E-state index contributed by atoms with van der Waals surface area (Å²) in [5, 5.41) is 0.518. The van der Waals surface area contributed by atoms with E-state index in [2.05, 4.69) is 0 Å². The third-order valence-electron chi connectivity index (χ3n) is 2.60. The first-order valence-electron chi connectivity index (χ1n) is 5.31. The maximum absolute atomic E-state index is 12.1. The summed E-state index contributed by atoms with van der Waals surface area (Å²) in [6, 6.07) is 5.00. The van der Waals surface area contributed by atoms with Gasteiger partial charge in [0.25, 0.3) is 0 Å². The number of rotatable bonds is 5. The van der Waals surface area contributed by atoms with Gasteiger partial charge in [-0.1, -0.05) is 11.6 Å². The maximum Gasteiger partial charge on any atom is 0.169 e. The minimum absolute atomic E-state index is 0.0452. The lowest BCUT2D eigenvalue weighted by Gasteiger charge is -2.22. The monoisotopic (exact) mass is 256 g/mol. The van der Waals surface area contributed by atoms with Crippen molar-refractivity contribution in [1.82, 2.24) is 0 Å². The SMILES string of the molecule is COc1ccc(Cl)cc1C(=O)CC(C)(C)OC. The van der Waals surface area contributed by atoms with E-state index in [4.69, 9.17) is 21.1 Å². The Morgan fingerprint density at radius 1 is 1.35 bits per heavy atom. The third kappa shape index (κ3) is 3.72. The molecule has 0 unspecified atom stereocenters. The van der Waals surface area contributed by atoms with Crippen LogP contribution in [0.2, 0.25) is 5.02 Å². The second-order valence-electron chi connectivity index (χ2n) is 4.41. The van der Waals surface area contributed by atoms with Gasteiger partial charge < -0.3 is 9.47 Å². The van der Waals surface area contributed by atoms with Crippen LogP contribution < -0.4 is 4.74 Å². The number of halogens is 1. The molecule has 3 nitrogen and oxygen atoms in total. The molecule has 0 aliphatic carbocycles. The number of hydrogen-bond acceptors (Lipinski definition) is 3. The molecule has 0 heterocycles. The van der Waals surface area contributed by atoms with E-state index in [0.717, 1.165) is 0 Å². The fraction of sp³-hybridized carbons (Fsp3) is 0.462. The Bertz CT molecular complexity index is 413. The molecule has 94 valence electrons. The average molecular weight is 257 g/mol. The highest BCUT2D eigenvalue weighted by Gasteiger charge is 2.24.